The van der Waals surface area contributed by atoms with E-state index < -0.39 is 6.04 Å². The zero-order valence-electron chi connectivity index (χ0n) is 13.4. The maximum absolute atomic E-state index is 12.0. The Morgan fingerprint density at radius 3 is 2.42 bits per heavy atom. The number of nitrogens with two attached hydrogens (primary N) is 1. The zero-order valence-corrected chi connectivity index (χ0v) is 15.0. The molecule has 6 heteroatoms. The lowest BCUT2D eigenvalue weighted by Crippen LogP contribution is -2.45. The summed E-state index contributed by atoms with van der Waals surface area (Å²) < 4.78 is 5.70. The van der Waals surface area contributed by atoms with Gasteiger partial charge in [-0.1, -0.05) is 41.9 Å². The van der Waals surface area contributed by atoms with Crippen LogP contribution in [0.25, 0.3) is 0 Å². The fourth-order valence-corrected chi connectivity index (χ4v) is 2.25. The van der Waals surface area contributed by atoms with Crippen LogP contribution in [-0.4, -0.2) is 24.6 Å². The summed E-state index contributed by atoms with van der Waals surface area (Å²) in [5.41, 5.74) is 6.98. The van der Waals surface area contributed by atoms with Crippen molar-refractivity contribution in [3.05, 3.63) is 65.2 Å². The van der Waals surface area contributed by atoms with E-state index in [4.69, 9.17) is 22.1 Å². The summed E-state index contributed by atoms with van der Waals surface area (Å²) in [6.45, 7) is 2.28. The van der Waals surface area contributed by atoms with Gasteiger partial charge in [-0.2, -0.15) is 0 Å². The first kappa shape index (κ1) is 20.3. The van der Waals surface area contributed by atoms with Gasteiger partial charge in [0, 0.05) is 5.02 Å². The van der Waals surface area contributed by atoms with E-state index in [0.29, 0.717) is 23.7 Å². The molecule has 0 radical (unpaired) electrons. The van der Waals surface area contributed by atoms with Gasteiger partial charge in [-0.3, -0.25) is 4.79 Å². The predicted octanol–water partition coefficient (Wildman–Crippen LogP) is 3.22. The highest BCUT2D eigenvalue weighted by Gasteiger charge is 2.15. The number of nitrogens with one attached hydrogen (secondary N) is 1. The molecule has 1 amide bonds. The van der Waals surface area contributed by atoms with Crippen molar-refractivity contribution in [2.24, 2.45) is 5.73 Å². The van der Waals surface area contributed by atoms with E-state index >= 15 is 0 Å². The van der Waals surface area contributed by atoms with E-state index in [1.54, 1.807) is 24.3 Å². The Kier molecular flexibility index (Phi) is 8.61. The molecule has 24 heavy (non-hydrogen) atoms. The highest BCUT2D eigenvalue weighted by molar-refractivity contribution is 6.30. The second-order valence-corrected chi connectivity index (χ2v) is 5.86. The number of carbonyl (C=O) groups excluding carboxylic acids is 1. The third-order valence-corrected chi connectivity index (χ3v) is 3.60. The van der Waals surface area contributed by atoms with Crippen LogP contribution in [0, 0.1) is 0 Å². The average molecular weight is 369 g/mol. The van der Waals surface area contributed by atoms with Crippen molar-refractivity contribution in [1.82, 2.24) is 5.32 Å². The summed E-state index contributed by atoms with van der Waals surface area (Å²) in [4.78, 5) is 12.0. The SMILES string of the molecule is CC(CNC(=O)[C@@H](N)Cc1ccccc1)Oc1ccc(Cl)cc1.Cl. The third-order valence-electron chi connectivity index (χ3n) is 3.35. The number of ether oxygens (including phenoxy) is 1. The maximum Gasteiger partial charge on any atom is 0.237 e. The number of hydrogen-bond acceptors (Lipinski definition) is 3. The number of amides is 1. The molecule has 0 bridgehead atoms. The molecule has 1 unspecified atom stereocenters. The average Bonchev–Trinajstić information content (AvgIpc) is 2.55. The number of rotatable bonds is 7. The van der Waals surface area contributed by atoms with Crippen LogP contribution in [0.15, 0.2) is 54.6 Å². The minimum atomic E-state index is -0.569. The van der Waals surface area contributed by atoms with Crippen LogP contribution < -0.4 is 15.8 Å². The van der Waals surface area contributed by atoms with E-state index in [-0.39, 0.29) is 24.4 Å². The van der Waals surface area contributed by atoms with Gasteiger partial charge in [-0.15, -0.1) is 12.4 Å². The quantitative estimate of drug-likeness (QED) is 0.788. The molecule has 0 saturated heterocycles. The molecule has 0 aliphatic heterocycles. The molecule has 2 aromatic rings. The van der Waals surface area contributed by atoms with Crippen molar-refractivity contribution in [3.63, 3.8) is 0 Å². The second kappa shape index (κ2) is 10.2. The first-order chi connectivity index (χ1) is 11.0. The van der Waals surface area contributed by atoms with Crippen molar-refractivity contribution < 1.29 is 9.53 Å². The normalized spacial score (nSPS) is 12.6. The monoisotopic (exact) mass is 368 g/mol. The van der Waals surface area contributed by atoms with Gasteiger partial charge >= 0.3 is 0 Å². The first-order valence-electron chi connectivity index (χ1n) is 7.54. The van der Waals surface area contributed by atoms with Gasteiger partial charge in [0.05, 0.1) is 12.6 Å². The molecule has 3 N–H and O–H groups in total. The summed E-state index contributed by atoms with van der Waals surface area (Å²) in [6.07, 6.45) is 0.350. The fraction of sp³-hybridized carbons (Fsp3) is 0.278. The molecular weight excluding hydrogens is 347 g/mol. The Labute approximate surface area is 153 Å². The van der Waals surface area contributed by atoms with Gasteiger partial charge in [0.15, 0.2) is 0 Å². The zero-order chi connectivity index (χ0) is 16.7. The Hall–Kier alpha value is -1.75. The molecule has 2 aromatic carbocycles. The summed E-state index contributed by atoms with van der Waals surface area (Å²) in [5, 5.41) is 3.48. The van der Waals surface area contributed by atoms with E-state index in [9.17, 15) is 4.79 Å². The standard InChI is InChI=1S/C18H21ClN2O2.ClH/c1-13(23-16-9-7-15(19)8-10-16)12-21-18(22)17(20)11-14-5-3-2-4-6-14;/h2-10,13,17H,11-12,20H2,1H3,(H,21,22);1H/t13?,17-;/m0./s1. The van der Waals surface area contributed by atoms with Gasteiger partial charge in [0.1, 0.15) is 11.9 Å². The lowest BCUT2D eigenvalue weighted by molar-refractivity contribution is -0.122. The van der Waals surface area contributed by atoms with Gasteiger partial charge in [0.2, 0.25) is 5.91 Å². The Morgan fingerprint density at radius 2 is 1.79 bits per heavy atom. The van der Waals surface area contributed by atoms with E-state index in [2.05, 4.69) is 5.32 Å². The number of carbonyl (C=O) groups is 1. The minimum Gasteiger partial charge on any atom is -0.489 e. The van der Waals surface area contributed by atoms with Crippen molar-refractivity contribution in [2.75, 3.05) is 6.54 Å². The number of halogens is 2. The van der Waals surface area contributed by atoms with Crippen molar-refractivity contribution >= 4 is 29.9 Å². The lowest BCUT2D eigenvalue weighted by atomic mass is 10.1. The van der Waals surface area contributed by atoms with Crippen LogP contribution in [0.3, 0.4) is 0 Å². The van der Waals surface area contributed by atoms with Crippen molar-refractivity contribution in [1.29, 1.82) is 0 Å². The van der Waals surface area contributed by atoms with Crippen LogP contribution in [0.5, 0.6) is 5.75 Å². The molecule has 0 aromatic heterocycles. The minimum absolute atomic E-state index is 0. The van der Waals surface area contributed by atoms with Crippen LogP contribution in [0.2, 0.25) is 5.02 Å². The molecule has 0 aliphatic rings. The first-order valence-corrected chi connectivity index (χ1v) is 7.92. The Morgan fingerprint density at radius 1 is 1.17 bits per heavy atom. The van der Waals surface area contributed by atoms with Gasteiger partial charge < -0.3 is 15.8 Å². The molecule has 130 valence electrons. The van der Waals surface area contributed by atoms with E-state index in [1.807, 2.05) is 37.3 Å². The summed E-state index contributed by atoms with van der Waals surface area (Å²) in [7, 11) is 0. The summed E-state index contributed by atoms with van der Waals surface area (Å²) in [6, 6.07) is 16.3. The Balaban J connectivity index is 0.00000288. The topological polar surface area (TPSA) is 64.4 Å². The molecule has 0 fully saturated rings. The van der Waals surface area contributed by atoms with Gasteiger partial charge in [0.25, 0.3) is 0 Å². The van der Waals surface area contributed by atoms with E-state index in [0.717, 1.165) is 5.56 Å². The molecule has 2 rings (SSSR count). The molecule has 2 atom stereocenters. The highest BCUT2D eigenvalue weighted by Crippen LogP contribution is 2.16. The Bertz CT molecular complexity index is 621. The van der Waals surface area contributed by atoms with Gasteiger partial charge in [-0.05, 0) is 43.2 Å². The number of hydrogen-bond donors (Lipinski definition) is 2. The van der Waals surface area contributed by atoms with Crippen molar-refractivity contribution in [3.8, 4) is 5.75 Å². The van der Waals surface area contributed by atoms with Crippen LogP contribution in [0.1, 0.15) is 12.5 Å². The van der Waals surface area contributed by atoms with Crippen molar-refractivity contribution in [2.45, 2.75) is 25.5 Å². The van der Waals surface area contributed by atoms with E-state index in [1.165, 1.54) is 0 Å². The highest BCUT2D eigenvalue weighted by atomic mass is 35.5. The molecular formula is C18H22Cl2N2O2. The lowest BCUT2D eigenvalue weighted by Gasteiger charge is -2.17. The fourth-order valence-electron chi connectivity index (χ4n) is 2.12. The summed E-state index contributed by atoms with van der Waals surface area (Å²) in [5.74, 6) is 0.533. The predicted molar refractivity (Wildman–Crippen MR) is 99.9 cm³/mol. The van der Waals surface area contributed by atoms with Crippen LogP contribution >= 0.6 is 24.0 Å². The number of benzene rings is 2. The third kappa shape index (κ3) is 6.79. The molecule has 0 spiro atoms. The molecule has 0 heterocycles. The molecule has 4 nitrogen and oxygen atoms in total. The largest absolute Gasteiger partial charge is 0.489 e. The second-order valence-electron chi connectivity index (χ2n) is 5.42. The molecule has 0 saturated carbocycles. The molecule has 0 aliphatic carbocycles. The maximum atomic E-state index is 12.0. The summed E-state index contributed by atoms with van der Waals surface area (Å²) >= 11 is 5.83. The van der Waals surface area contributed by atoms with Crippen LogP contribution in [-0.2, 0) is 11.2 Å². The smallest absolute Gasteiger partial charge is 0.237 e. The van der Waals surface area contributed by atoms with Gasteiger partial charge in [-0.25, -0.2) is 0 Å². The van der Waals surface area contributed by atoms with Crippen LogP contribution in [0.4, 0.5) is 0 Å².